The molecular weight excluding hydrogens is 473 g/mol. The lowest BCUT2D eigenvalue weighted by atomic mass is 9.73. The first kappa shape index (κ1) is 21.4. The average molecular weight is 494 g/mol. The van der Waals surface area contributed by atoms with Gasteiger partial charge in [-0.2, -0.15) is 4.37 Å². The van der Waals surface area contributed by atoms with Crippen LogP contribution in [0.3, 0.4) is 0 Å². The number of carbonyl (C=O) groups excluding carboxylic acids is 1. The van der Waals surface area contributed by atoms with Crippen molar-refractivity contribution in [2.75, 3.05) is 38.2 Å². The summed E-state index contributed by atoms with van der Waals surface area (Å²) in [6.07, 6.45) is 4.15. The van der Waals surface area contributed by atoms with Crippen LogP contribution in [-0.4, -0.2) is 48.8 Å². The maximum atomic E-state index is 15.9. The van der Waals surface area contributed by atoms with Crippen molar-refractivity contribution in [3.63, 3.8) is 0 Å². The zero-order chi connectivity index (χ0) is 23.4. The maximum absolute atomic E-state index is 15.9. The van der Waals surface area contributed by atoms with Crippen LogP contribution >= 0.6 is 23.1 Å². The molecule has 0 N–H and O–H groups in total. The molecule has 0 amide bonds. The molecule has 3 aromatic carbocycles. The number of nitrogens with zero attached hydrogens (tertiary/aromatic N) is 3. The molecule has 34 heavy (non-hydrogen) atoms. The van der Waals surface area contributed by atoms with Crippen LogP contribution in [0.25, 0.3) is 32.8 Å². The first-order chi connectivity index (χ1) is 16.5. The molecule has 1 aromatic heterocycles. The number of rotatable bonds is 5. The largest absolute Gasteiger partial charge is 0.497 e. The molecule has 0 radical (unpaired) electrons. The highest BCUT2D eigenvalue weighted by Gasteiger charge is 2.51. The molecule has 0 saturated carbocycles. The van der Waals surface area contributed by atoms with E-state index in [4.69, 9.17) is 16.3 Å². The van der Waals surface area contributed by atoms with E-state index in [1.165, 1.54) is 17.6 Å². The van der Waals surface area contributed by atoms with Crippen LogP contribution in [0.15, 0.2) is 54.7 Å². The van der Waals surface area contributed by atoms with Crippen molar-refractivity contribution in [3.05, 3.63) is 65.6 Å². The molecule has 1 spiro atoms. The molecule has 2 aliphatic heterocycles. The topological polar surface area (TPSA) is 45.7 Å². The fourth-order valence-corrected chi connectivity index (χ4v) is 6.42. The summed E-state index contributed by atoms with van der Waals surface area (Å²) >= 11 is 8.04. The second kappa shape index (κ2) is 7.96. The number of halogens is 2. The number of benzene rings is 3. The van der Waals surface area contributed by atoms with Crippen molar-refractivity contribution in [2.45, 2.75) is 0 Å². The van der Waals surface area contributed by atoms with Crippen LogP contribution in [0.1, 0.15) is 0 Å². The Morgan fingerprint density at radius 3 is 2.71 bits per heavy atom. The summed E-state index contributed by atoms with van der Waals surface area (Å²) in [6, 6.07) is 13.4. The lowest BCUT2D eigenvalue weighted by Gasteiger charge is -2.60. The highest BCUT2D eigenvalue weighted by atomic mass is 35.5. The van der Waals surface area contributed by atoms with Crippen LogP contribution in [0, 0.1) is 11.2 Å². The van der Waals surface area contributed by atoms with Crippen molar-refractivity contribution in [2.24, 2.45) is 5.41 Å². The molecule has 0 bridgehead atoms. The van der Waals surface area contributed by atoms with Gasteiger partial charge in [0.25, 0.3) is 0 Å². The number of aldehydes is 1. The molecule has 0 atom stereocenters. The van der Waals surface area contributed by atoms with Crippen molar-refractivity contribution >= 4 is 56.1 Å². The Kier molecular flexibility index (Phi) is 5.00. The van der Waals surface area contributed by atoms with E-state index < -0.39 is 5.82 Å². The minimum atomic E-state index is -0.410. The number of fused-ring (bicyclic) bond motifs is 2. The first-order valence-electron chi connectivity index (χ1n) is 11.0. The number of anilines is 1. The third-order valence-electron chi connectivity index (χ3n) is 6.78. The minimum Gasteiger partial charge on any atom is -0.497 e. The summed E-state index contributed by atoms with van der Waals surface area (Å²) in [6.45, 7) is 3.62. The number of likely N-dealkylation sites (tertiary alicyclic amines) is 1. The van der Waals surface area contributed by atoms with E-state index in [1.807, 2.05) is 48.7 Å². The Morgan fingerprint density at radius 1 is 1.15 bits per heavy atom. The molecule has 2 aliphatic rings. The van der Waals surface area contributed by atoms with Crippen LogP contribution in [-0.2, 0) is 4.79 Å². The van der Waals surface area contributed by atoms with Gasteiger partial charge in [0.2, 0.25) is 0 Å². The van der Waals surface area contributed by atoms with Crippen molar-refractivity contribution in [1.29, 1.82) is 0 Å². The van der Waals surface area contributed by atoms with Crippen LogP contribution in [0.5, 0.6) is 5.75 Å². The predicted molar refractivity (Wildman–Crippen MR) is 136 cm³/mol. The van der Waals surface area contributed by atoms with Gasteiger partial charge in [0.05, 0.1) is 12.1 Å². The lowest BCUT2D eigenvalue weighted by molar-refractivity contribution is -0.104. The quantitative estimate of drug-likeness (QED) is 0.261. The minimum absolute atomic E-state index is 0.228. The summed E-state index contributed by atoms with van der Waals surface area (Å²) < 4.78 is 25.9. The zero-order valence-electron chi connectivity index (χ0n) is 18.4. The van der Waals surface area contributed by atoms with Crippen LogP contribution in [0.4, 0.5) is 9.39 Å². The molecule has 2 fully saturated rings. The van der Waals surface area contributed by atoms with Gasteiger partial charge in [-0.25, -0.2) is 4.39 Å². The van der Waals surface area contributed by atoms with Gasteiger partial charge in [0, 0.05) is 48.7 Å². The number of methoxy groups -OCH3 is 1. The average Bonchev–Trinajstić information content (AvgIpc) is 3.20. The molecular formula is C26H21ClFN3O2S. The van der Waals surface area contributed by atoms with Crippen LogP contribution < -0.4 is 9.64 Å². The van der Waals surface area contributed by atoms with Crippen molar-refractivity contribution in [3.8, 4) is 16.9 Å². The normalized spacial score (nSPS) is 16.9. The van der Waals surface area contributed by atoms with E-state index in [2.05, 4.69) is 14.2 Å². The van der Waals surface area contributed by atoms with Gasteiger partial charge < -0.3 is 14.5 Å². The van der Waals surface area contributed by atoms with Gasteiger partial charge in [0.15, 0.2) is 5.82 Å². The fourth-order valence-electron chi connectivity index (χ4n) is 5.27. The fraction of sp³-hybridized carbons (Fsp3) is 0.231. The van der Waals surface area contributed by atoms with E-state index in [-0.39, 0.29) is 5.41 Å². The summed E-state index contributed by atoms with van der Waals surface area (Å²) in [5.74, 6) is 0.235. The molecule has 8 heteroatoms. The van der Waals surface area contributed by atoms with Gasteiger partial charge in [0.1, 0.15) is 22.6 Å². The smallest absolute Gasteiger partial charge is 0.159 e. The summed E-state index contributed by atoms with van der Waals surface area (Å²) in [5, 5.41) is 3.91. The van der Waals surface area contributed by atoms with Gasteiger partial charge >= 0.3 is 0 Å². The third kappa shape index (κ3) is 3.26. The SMILES string of the molecule is COc1cc(-c2c(Cl)cc3c(N4CC5(CN(C=CC=O)C5)C4)snc3c2F)c2ccccc2c1. The number of ether oxygens (including phenoxy) is 1. The van der Waals surface area contributed by atoms with E-state index in [0.29, 0.717) is 27.4 Å². The van der Waals surface area contributed by atoms with Crippen molar-refractivity contribution in [1.82, 2.24) is 9.27 Å². The molecule has 4 aromatic rings. The number of allylic oxidation sites excluding steroid dienone is 1. The molecule has 6 rings (SSSR count). The Balaban J connectivity index is 1.36. The standard InChI is InChI=1S/C26H21ClFN3O2S/c1-33-17-9-16-5-2-3-6-18(16)19(10-17)22-21(27)11-20-24(23(22)28)29-34-25(20)31-14-26(15-31)12-30(13-26)7-4-8-32/h2-11H,12-15H2,1H3. The molecule has 3 heterocycles. The Hall–Kier alpha value is -3.16. The highest BCUT2D eigenvalue weighted by molar-refractivity contribution is 7.11. The Morgan fingerprint density at radius 2 is 1.94 bits per heavy atom. The second-order valence-electron chi connectivity index (χ2n) is 9.07. The maximum Gasteiger partial charge on any atom is 0.159 e. The molecule has 172 valence electrons. The van der Waals surface area contributed by atoms with E-state index in [9.17, 15) is 4.79 Å². The molecule has 0 aliphatic carbocycles. The predicted octanol–water partition coefficient (Wildman–Crippen LogP) is 5.75. The van der Waals surface area contributed by atoms with Gasteiger partial charge in [-0.3, -0.25) is 4.79 Å². The van der Waals surface area contributed by atoms with Gasteiger partial charge in [-0.05, 0) is 52.1 Å². The summed E-state index contributed by atoms with van der Waals surface area (Å²) in [5.41, 5.74) is 1.61. The second-order valence-corrected chi connectivity index (χ2v) is 10.2. The molecule has 0 unspecified atom stereocenters. The number of hydrogen-bond donors (Lipinski definition) is 0. The van der Waals surface area contributed by atoms with Crippen molar-refractivity contribution < 1.29 is 13.9 Å². The number of carbonyl (C=O) groups is 1. The Bertz CT molecular complexity index is 1470. The van der Waals surface area contributed by atoms with E-state index >= 15 is 4.39 Å². The molecule has 2 saturated heterocycles. The van der Waals surface area contributed by atoms with E-state index in [0.717, 1.165) is 53.6 Å². The lowest BCUT2D eigenvalue weighted by Crippen LogP contribution is -2.71. The summed E-state index contributed by atoms with van der Waals surface area (Å²) in [4.78, 5) is 14.9. The van der Waals surface area contributed by atoms with E-state index in [1.54, 1.807) is 7.11 Å². The van der Waals surface area contributed by atoms with Crippen LogP contribution in [0.2, 0.25) is 5.02 Å². The first-order valence-corrected chi connectivity index (χ1v) is 12.1. The number of aromatic nitrogens is 1. The van der Waals surface area contributed by atoms with Gasteiger partial charge in [-0.1, -0.05) is 35.9 Å². The number of hydrogen-bond acceptors (Lipinski definition) is 6. The zero-order valence-corrected chi connectivity index (χ0v) is 20.0. The van der Waals surface area contributed by atoms with Gasteiger partial charge in [-0.15, -0.1) is 0 Å². The monoisotopic (exact) mass is 493 g/mol. The Labute approximate surface area is 205 Å². The summed E-state index contributed by atoms with van der Waals surface area (Å²) in [7, 11) is 1.60. The molecule has 5 nitrogen and oxygen atoms in total. The highest BCUT2D eigenvalue weighted by Crippen LogP contribution is 2.48. The third-order valence-corrected chi connectivity index (χ3v) is 8.00.